The summed E-state index contributed by atoms with van der Waals surface area (Å²) >= 11 is 0. The van der Waals surface area contributed by atoms with Crippen molar-refractivity contribution in [1.29, 1.82) is 0 Å². The zero-order valence-corrected chi connectivity index (χ0v) is 10.6. The average Bonchev–Trinajstić information content (AvgIpc) is 3.02. The van der Waals surface area contributed by atoms with Crippen LogP contribution in [0.15, 0.2) is 46.9 Å². The fourth-order valence-corrected chi connectivity index (χ4v) is 2.49. The highest BCUT2D eigenvalue weighted by Crippen LogP contribution is 2.30. The molecule has 4 rings (SSSR count). The number of rotatable bonds is 2. The highest BCUT2D eigenvalue weighted by molar-refractivity contribution is 6.00. The zero-order chi connectivity index (χ0) is 13.5. The van der Waals surface area contributed by atoms with Crippen molar-refractivity contribution in [3.05, 3.63) is 53.6 Å². The summed E-state index contributed by atoms with van der Waals surface area (Å²) in [6, 6.07) is 13.0. The third-order valence-corrected chi connectivity index (χ3v) is 3.48. The topological polar surface area (TPSA) is 52.3 Å². The van der Waals surface area contributed by atoms with Crippen molar-refractivity contribution >= 4 is 16.9 Å². The Morgan fingerprint density at radius 1 is 1.10 bits per heavy atom. The van der Waals surface area contributed by atoms with Crippen molar-refractivity contribution in [2.24, 2.45) is 0 Å². The van der Waals surface area contributed by atoms with Crippen molar-refractivity contribution in [1.82, 2.24) is 4.98 Å². The number of fused-ring (bicyclic) bond motifs is 2. The molecule has 3 aromatic rings. The van der Waals surface area contributed by atoms with E-state index in [0.29, 0.717) is 17.8 Å². The Morgan fingerprint density at radius 3 is 2.90 bits per heavy atom. The lowest BCUT2D eigenvalue weighted by molar-refractivity contribution is 0.0994. The fourth-order valence-electron chi connectivity index (χ4n) is 2.49. The van der Waals surface area contributed by atoms with Crippen molar-refractivity contribution in [2.75, 3.05) is 0 Å². The van der Waals surface area contributed by atoms with Gasteiger partial charge in [-0.3, -0.25) is 4.79 Å². The first-order chi connectivity index (χ1) is 9.79. The van der Waals surface area contributed by atoms with E-state index in [9.17, 15) is 4.79 Å². The normalized spacial score (nSPS) is 13.7. The van der Waals surface area contributed by atoms with Crippen molar-refractivity contribution in [3.8, 4) is 11.8 Å². The fraction of sp³-hybridized carbons (Fsp3) is 0.125. The molecule has 0 atom stereocenters. The van der Waals surface area contributed by atoms with Crippen LogP contribution in [0.5, 0.6) is 11.8 Å². The van der Waals surface area contributed by atoms with Crippen molar-refractivity contribution in [2.45, 2.75) is 12.8 Å². The molecule has 98 valence electrons. The molecule has 0 fully saturated rings. The van der Waals surface area contributed by atoms with Crippen LogP contribution in [0.4, 0.5) is 0 Å². The van der Waals surface area contributed by atoms with Crippen LogP contribution in [0.2, 0.25) is 0 Å². The number of oxazole rings is 1. The minimum absolute atomic E-state index is 0.202. The Hall–Kier alpha value is -2.62. The van der Waals surface area contributed by atoms with Gasteiger partial charge in [-0.25, -0.2) is 0 Å². The molecule has 0 unspecified atom stereocenters. The van der Waals surface area contributed by atoms with Gasteiger partial charge < -0.3 is 9.15 Å². The van der Waals surface area contributed by atoms with Crippen LogP contribution in [0.3, 0.4) is 0 Å². The molecule has 2 aromatic carbocycles. The summed E-state index contributed by atoms with van der Waals surface area (Å²) < 4.78 is 11.1. The molecule has 0 radical (unpaired) electrons. The standard InChI is InChI=1S/C16H11NO3/c18-14-8-5-10-9-11(6-7-12(10)14)19-16-17-13-3-1-2-4-15(13)20-16/h1-4,6-7,9H,5,8H2. The molecule has 0 saturated carbocycles. The van der Waals surface area contributed by atoms with Gasteiger partial charge in [0.05, 0.1) is 0 Å². The molecule has 4 nitrogen and oxygen atoms in total. The quantitative estimate of drug-likeness (QED) is 0.708. The summed E-state index contributed by atoms with van der Waals surface area (Å²) in [5.41, 5.74) is 3.29. The predicted molar refractivity (Wildman–Crippen MR) is 73.2 cm³/mol. The van der Waals surface area contributed by atoms with Gasteiger partial charge in [-0.2, -0.15) is 4.98 Å². The minimum Gasteiger partial charge on any atom is -0.411 e. The van der Waals surface area contributed by atoms with Crippen LogP contribution >= 0.6 is 0 Å². The summed E-state index contributed by atoms with van der Waals surface area (Å²) in [4.78, 5) is 15.8. The van der Waals surface area contributed by atoms with Crippen LogP contribution in [-0.2, 0) is 6.42 Å². The van der Waals surface area contributed by atoms with Gasteiger partial charge in [0.15, 0.2) is 11.4 Å². The van der Waals surface area contributed by atoms with E-state index in [-0.39, 0.29) is 11.9 Å². The molecule has 1 aliphatic carbocycles. The van der Waals surface area contributed by atoms with Crippen LogP contribution in [0.1, 0.15) is 22.3 Å². The lowest BCUT2D eigenvalue weighted by Crippen LogP contribution is -1.91. The van der Waals surface area contributed by atoms with E-state index in [0.717, 1.165) is 23.1 Å². The molecule has 0 N–H and O–H groups in total. The SMILES string of the molecule is O=C1CCc2cc(Oc3nc4ccccc4o3)ccc21. The third kappa shape index (κ3) is 1.77. The number of aryl methyl sites for hydroxylation is 1. The lowest BCUT2D eigenvalue weighted by Gasteiger charge is -2.03. The molecule has 0 spiro atoms. The number of Topliss-reactive ketones (excluding diaryl/α,β-unsaturated/α-hetero) is 1. The second kappa shape index (κ2) is 4.20. The van der Waals surface area contributed by atoms with Crippen molar-refractivity contribution in [3.63, 3.8) is 0 Å². The van der Waals surface area contributed by atoms with Crippen LogP contribution in [0.25, 0.3) is 11.1 Å². The zero-order valence-electron chi connectivity index (χ0n) is 10.6. The number of aromatic nitrogens is 1. The summed E-state index contributed by atoms with van der Waals surface area (Å²) in [6.45, 7) is 0. The van der Waals surface area contributed by atoms with Gasteiger partial charge >= 0.3 is 6.08 Å². The number of benzene rings is 2. The van der Waals surface area contributed by atoms with Gasteiger partial charge in [-0.15, -0.1) is 0 Å². The van der Waals surface area contributed by atoms with E-state index in [2.05, 4.69) is 4.98 Å². The largest absolute Gasteiger partial charge is 0.411 e. The Balaban J connectivity index is 1.67. The Kier molecular flexibility index (Phi) is 2.36. The first kappa shape index (κ1) is 11.2. The third-order valence-electron chi connectivity index (χ3n) is 3.48. The van der Waals surface area contributed by atoms with Crippen LogP contribution in [-0.4, -0.2) is 10.8 Å². The molecule has 1 aromatic heterocycles. The van der Waals surface area contributed by atoms with E-state index in [1.54, 1.807) is 6.07 Å². The lowest BCUT2D eigenvalue weighted by atomic mass is 10.1. The molecule has 1 aliphatic rings. The van der Waals surface area contributed by atoms with E-state index in [4.69, 9.17) is 9.15 Å². The maximum atomic E-state index is 11.6. The number of hydrogen-bond donors (Lipinski definition) is 0. The highest BCUT2D eigenvalue weighted by Gasteiger charge is 2.20. The number of nitrogens with zero attached hydrogens (tertiary/aromatic N) is 1. The first-order valence-corrected chi connectivity index (χ1v) is 6.49. The van der Waals surface area contributed by atoms with E-state index >= 15 is 0 Å². The number of para-hydroxylation sites is 2. The predicted octanol–water partition coefficient (Wildman–Crippen LogP) is 3.75. The number of carbonyl (C=O) groups excluding carboxylic acids is 1. The molecule has 1 heterocycles. The Morgan fingerprint density at radius 2 is 2.00 bits per heavy atom. The molecular weight excluding hydrogens is 254 g/mol. The number of carbonyl (C=O) groups is 1. The molecule has 4 heteroatoms. The second-order valence-corrected chi connectivity index (χ2v) is 4.79. The van der Waals surface area contributed by atoms with Gasteiger partial charge in [0.25, 0.3) is 0 Å². The molecule has 0 aliphatic heterocycles. The average molecular weight is 265 g/mol. The minimum atomic E-state index is 0.202. The molecule has 20 heavy (non-hydrogen) atoms. The van der Waals surface area contributed by atoms with Crippen LogP contribution in [0, 0.1) is 0 Å². The second-order valence-electron chi connectivity index (χ2n) is 4.79. The summed E-state index contributed by atoms with van der Waals surface area (Å²) in [7, 11) is 0. The van der Waals surface area contributed by atoms with Gasteiger partial charge in [0.1, 0.15) is 11.3 Å². The van der Waals surface area contributed by atoms with Crippen molar-refractivity contribution < 1.29 is 13.9 Å². The summed E-state index contributed by atoms with van der Waals surface area (Å²) in [5, 5.41) is 0. The van der Waals surface area contributed by atoms with Crippen LogP contribution < -0.4 is 4.74 Å². The van der Waals surface area contributed by atoms with E-state index in [1.165, 1.54) is 0 Å². The maximum absolute atomic E-state index is 11.6. The number of ether oxygens (including phenoxy) is 1. The monoisotopic (exact) mass is 265 g/mol. The highest BCUT2D eigenvalue weighted by atomic mass is 16.6. The number of ketones is 1. The van der Waals surface area contributed by atoms with Gasteiger partial charge in [-0.1, -0.05) is 12.1 Å². The van der Waals surface area contributed by atoms with E-state index in [1.807, 2.05) is 36.4 Å². The maximum Gasteiger partial charge on any atom is 0.400 e. The van der Waals surface area contributed by atoms with Gasteiger partial charge in [0, 0.05) is 12.0 Å². The molecule has 0 bridgehead atoms. The number of hydrogen-bond acceptors (Lipinski definition) is 4. The van der Waals surface area contributed by atoms with E-state index < -0.39 is 0 Å². The summed E-state index contributed by atoms with van der Waals surface area (Å²) in [6.07, 6.45) is 1.58. The Bertz CT molecular complexity index is 786. The summed E-state index contributed by atoms with van der Waals surface area (Å²) in [5.74, 6) is 0.846. The first-order valence-electron chi connectivity index (χ1n) is 6.49. The smallest absolute Gasteiger partial charge is 0.400 e. The molecule has 0 amide bonds. The Labute approximate surface area is 115 Å². The molecular formula is C16H11NO3. The van der Waals surface area contributed by atoms with Gasteiger partial charge in [-0.05, 0) is 42.3 Å². The van der Waals surface area contributed by atoms with Gasteiger partial charge in [0.2, 0.25) is 0 Å². The molecule has 0 saturated heterocycles.